The van der Waals surface area contributed by atoms with E-state index in [2.05, 4.69) is 15.9 Å². The molecular formula is C23H23BrN2O6. The first kappa shape index (κ1) is 21.2. The Hall–Kier alpha value is -2.68. The lowest BCUT2D eigenvalue weighted by molar-refractivity contribution is -0.140. The van der Waals surface area contributed by atoms with Crippen molar-refractivity contribution in [2.45, 2.75) is 18.8 Å². The second-order valence-electron chi connectivity index (χ2n) is 9.04. The van der Waals surface area contributed by atoms with Gasteiger partial charge in [-0.1, -0.05) is 27.6 Å². The molecule has 9 heteroatoms. The van der Waals surface area contributed by atoms with E-state index in [0.717, 1.165) is 10.5 Å². The molecule has 3 fully saturated rings. The maximum absolute atomic E-state index is 13.2. The summed E-state index contributed by atoms with van der Waals surface area (Å²) in [7, 11) is 4.41. The fourth-order valence-corrected chi connectivity index (χ4v) is 6.69. The summed E-state index contributed by atoms with van der Waals surface area (Å²) in [6.07, 6.45) is 2.67. The fourth-order valence-electron chi connectivity index (χ4n) is 6.24. The number of likely N-dealkylation sites (tertiary alicyclic amines) is 2. The second kappa shape index (κ2) is 7.16. The summed E-state index contributed by atoms with van der Waals surface area (Å²) in [6, 6.07) is 3.36. The molecule has 4 amide bonds. The SMILES string of the molecule is COc1cc(Br)cc(C2C3=CCC4C(=O)N(C)C(=O)C4C3CC3C(=O)N(C)C(=O)C32)c1O. The molecule has 0 aromatic heterocycles. The number of rotatable bonds is 2. The molecule has 2 aliphatic carbocycles. The Morgan fingerprint density at radius 3 is 2.22 bits per heavy atom. The average Bonchev–Trinajstić information content (AvgIpc) is 3.13. The molecule has 4 aliphatic rings. The Kier molecular flexibility index (Phi) is 4.74. The molecule has 1 aromatic rings. The molecule has 2 saturated heterocycles. The Bertz CT molecular complexity index is 1110. The fraction of sp³-hybridized carbons (Fsp3) is 0.478. The summed E-state index contributed by atoms with van der Waals surface area (Å²) in [5.74, 6) is -4.11. The smallest absolute Gasteiger partial charge is 0.233 e. The minimum atomic E-state index is -0.679. The van der Waals surface area contributed by atoms with E-state index in [1.807, 2.05) is 6.08 Å². The van der Waals surface area contributed by atoms with Crippen LogP contribution in [0.1, 0.15) is 24.3 Å². The largest absolute Gasteiger partial charge is 0.504 e. The highest BCUT2D eigenvalue weighted by atomic mass is 79.9. The van der Waals surface area contributed by atoms with E-state index in [-0.39, 0.29) is 41.0 Å². The predicted octanol–water partition coefficient (Wildman–Crippen LogP) is 2.06. The number of imide groups is 2. The van der Waals surface area contributed by atoms with Crippen LogP contribution in [0.5, 0.6) is 11.5 Å². The van der Waals surface area contributed by atoms with Crippen molar-refractivity contribution in [2.24, 2.45) is 29.6 Å². The zero-order chi connectivity index (χ0) is 23.1. The highest BCUT2D eigenvalue weighted by Crippen LogP contribution is 2.59. The van der Waals surface area contributed by atoms with Gasteiger partial charge in [0.15, 0.2) is 11.5 Å². The van der Waals surface area contributed by atoms with Crippen LogP contribution in [0.4, 0.5) is 0 Å². The van der Waals surface area contributed by atoms with Gasteiger partial charge in [0.25, 0.3) is 0 Å². The molecule has 0 bridgehead atoms. The summed E-state index contributed by atoms with van der Waals surface area (Å²) in [4.78, 5) is 54.2. The standard InChI is InChI=1S/C23H23BrN2O6/c1-25-20(28)11-5-4-10-12(17(11)22(25)30)8-14-18(23(31)26(2)21(14)29)16(10)13-6-9(24)7-15(32-3)19(13)27/h4,6-7,11-12,14,16-18,27H,5,8H2,1-3H3. The van der Waals surface area contributed by atoms with Crippen molar-refractivity contribution in [1.29, 1.82) is 0 Å². The summed E-state index contributed by atoms with van der Waals surface area (Å²) in [6.45, 7) is 0. The number of hydrogen-bond acceptors (Lipinski definition) is 6. The molecule has 168 valence electrons. The summed E-state index contributed by atoms with van der Waals surface area (Å²) in [5.41, 5.74) is 1.32. The lowest BCUT2D eigenvalue weighted by Gasteiger charge is -2.44. The van der Waals surface area contributed by atoms with Crippen LogP contribution in [0.25, 0.3) is 0 Å². The van der Waals surface area contributed by atoms with Crippen LogP contribution in [-0.2, 0) is 19.2 Å². The van der Waals surface area contributed by atoms with Gasteiger partial charge >= 0.3 is 0 Å². The molecule has 2 heterocycles. The lowest BCUT2D eigenvalue weighted by atomic mass is 9.57. The number of aromatic hydroxyl groups is 1. The molecular weight excluding hydrogens is 480 g/mol. The number of ether oxygens (including phenoxy) is 1. The highest BCUT2D eigenvalue weighted by Gasteiger charge is 2.61. The van der Waals surface area contributed by atoms with Gasteiger partial charge in [-0.05, 0) is 30.9 Å². The monoisotopic (exact) mass is 502 g/mol. The normalized spacial score (nSPS) is 33.8. The predicted molar refractivity (Wildman–Crippen MR) is 115 cm³/mol. The number of nitrogens with zero attached hydrogens (tertiary/aromatic N) is 2. The number of phenols is 1. The first-order valence-corrected chi connectivity index (χ1v) is 11.4. The van der Waals surface area contributed by atoms with Gasteiger partial charge in [-0.25, -0.2) is 0 Å². The number of benzene rings is 1. The van der Waals surface area contributed by atoms with Crippen molar-refractivity contribution in [3.8, 4) is 11.5 Å². The summed E-state index contributed by atoms with van der Waals surface area (Å²) in [5, 5.41) is 11.0. The number of hydrogen-bond donors (Lipinski definition) is 1. The van der Waals surface area contributed by atoms with Gasteiger partial charge < -0.3 is 9.84 Å². The van der Waals surface area contributed by atoms with Crippen LogP contribution < -0.4 is 4.74 Å². The van der Waals surface area contributed by atoms with Gasteiger partial charge in [0, 0.05) is 30.0 Å². The number of allylic oxidation sites excluding steroid dienone is 2. The molecule has 1 N–H and O–H groups in total. The summed E-state index contributed by atoms with van der Waals surface area (Å²) < 4.78 is 5.98. The van der Waals surface area contributed by atoms with E-state index in [1.54, 1.807) is 12.1 Å². The number of amides is 4. The molecule has 0 spiro atoms. The van der Waals surface area contributed by atoms with Crippen molar-refractivity contribution in [1.82, 2.24) is 9.80 Å². The Morgan fingerprint density at radius 1 is 0.938 bits per heavy atom. The van der Waals surface area contributed by atoms with Gasteiger partial charge in [-0.15, -0.1) is 0 Å². The van der Waals surface area contributed by atoms with Gasteiger partial charge in [0.05, 0.1) is 30.8 Å². The molecule has 6 atom stereocenters. The van der Waals surface area contributed by atoms with E-state index >= 15 is 0 Å². The third kappa shape index (κ3) is 2.66. The van der Waals surface area contributed by atoms with E-state index in [0.29, 0.717) is 22.9 Å². The average molecular weight is 503 g/mol. The third-order valence-electron chi connectivity index (χ3n) is 7.71. The van der Waals surface area contributed by atoms with E-state index in [4.69, 9.17) is 4.74 Å². The third-order valence-corrected chi connectivity index (χ3v) is 8.17. The molecule has 2 aliphatic heterocycles. The zero-order valence-corrected chi connectivity index (χ0v) is 19.5. The molecule has 0 radical (unpaired) electrons. The molecule has 8 nitrogen and oxygen atoms in total. The molecule has 5 rings (SSSR count). The first-order valence-electron chi connectivity index (χ1n) is 10.6. The minimum Gasteiger partial charge on any atom is -0.504 e. The quantitative estimate of drug-likeness (QED) is 0.490. The maximum atomic E-state index is 13.2. The van der Waals surface area contributed by atoms with Gasteiger partial charge in [-0.2, -0.15) is 0 Å². The van der Waals surface area contributed by atoms with E-state index in [1.165, 1.54) is 26.1 Å². The van der Waals surface area contributed by atoms with Crippen LogP contribution in [0, 0.1) is 29.6 Å². The van der Waals surface area contributed by atoms with Crippen molar-refractivity contribution < 1.29 is 29.0 Å². The number of phenolic OH excluding ortho intramolecular Hbond substituents is 1. The highest BCUT2D eigenvalue weighted by molar-refractivity contribution is 9.10. The Morgan fingerprint density at radius 2 is 1.56 bits per heavy atom. The van der Waals surface area contributed by atoms with Crippen molar-refractivity contribution in [3.05, 3.63) is 33.8 Å². The van der Waals surface area contributed by atoms with E-state index < -0.39 is 29.6 Å². The molecule has 1 saturated carbocycles. The number of carbonyl (C=O) groups is 4. The summed E-state index contributed by atoms with van der Waals surface area (Å²) >= 11 is 3.45. The lowest BCUT2D eigenvalue weighted by Crippen LogP contribution is -2.43. The number of carbonyl (C=O) groups excluding carboxylic acids is 4. The Labute approximate surface area is 193 Å². The van der Waals surface area contributed by atoms with Gasteiger partial charge in [-0.3, -0.25) is 29.0 Å². The van der Waals surface area contributed by atoms with Crippen molar-refractivity contribution in [2.75, 3.05) is 21.2 Å². The number of fused-ring (bicyclic) bond motifs is 4. The van der Waals surface area contributed by atoms with Crippen LogP contribution in [0.2, 0.25) is 0 Å². The molecule has 1 aromatic carbocycles. The van der Waals surface area contributed by atoms with Crippen LogP contribution in [-0.4, -0.2) is 59.7 Å². The van der Waals surface area contributed by atoms with Gasteiger partial charge in [0.1, 0.15) is 0 Å². The van der Waals surface area contributed by atoms with Crippen LogP contribution in [0.3, 0.4) is 0 Å². The van der Waals surface area contributed by atoms with Crippen LogP contribution in [0.15, 0.2) is 28.3 Å². The maximum Gasteiger partial charge on any atom is 0.233 e. The van der Waals surface area contributed by atoms with Crippen molar-refractivity contribution in [3.63, 3.8) is 0 Å². The Balaban J connectivity index is 1.71. The van der Waals surface area contributed by atoms with Crippen molar-refractivity contribution >= 4 is 39.6 Å². The van der Waals surface area contributed by atoms with E-state index in [9.17, 15) is 24.3 Å². The zero-order valence-electron chi connectivity index (χ0n) is 17.9. The second-order valence-corrected chi connectivity index (χ2v) is 9.96. The number of methoxy groups -OCH3 is 1. The molecule has 6 unspecified atom stereocenters. The first-order chi connectivity index (χ1) is 15.2. The topological polar surface area (TPSA) is 104 Å². The molecule has 32 heavy (non-hydrogen) atoms. The van der Waals surface area contributed by atoms with Gasteiger partial charge in [0.2, 0.25) is 23.6 Å². The van der Waals surface area contributed by atoms with Crippen LogP contribution >= 0.6 is 15.9 Å². The number of halogens is 1. The minimum absolute atomic E-state index is 0.0936.